The van der Waals surface area contributed by atoms with Crippen LogP contribution in [0.5, 0.6) is 11.5 Å². The first kappa shape index (κ1) is 13.8. The smallest absolute Gasteiger partial charge is 0.303 e. The highest BCUT2D eigenvalue weighted by Crippen LogP contribution is 2.23. The van der Waals surface area contributed by atoms with Gasteiger partial charge in [-0.3, -0.25) is 4.79 Å². The fourth-order valence-electron chi connectivity index (χ4n) is 1.44. The van der Waals surface area contributed by atoms with Crippen LogP contribution < -0.4 is 9.47 Å². The molecule has 1 rings (SSSR count). The molecule has 96 valence electrons. The Balaban J connectivity index is 2.71. The van der Waals surface area contributed by atoms with Gasteiger partial charge in [0.05, 0.1) is 24.8 Å². The van der Waals surface area contributed by atoms with Gasteiger partial charge in [-0.05, 0) is 25.5 Å². The number of ether oxygens (including phenoxy) is 2. The number of benzene rings is 1. The zero-order valence-electron chi connectivity index (χ0n) is 10.3. The van der Waals surface area contributed by atoms with E-state index < -0.39 is 5.97 Å². The van der Waals surface area contributed by atoms with Crippen molar-refractivity contribution in [2.24, 2.45) is 0 Å². The summed E-state index contributed by atoms with van der Waals surface area (Å²) < 4.78 is 10.6. The minimum Gasteiger partial charge on any atom is -0.497 e. The Labute approximate surface area is 106 Å². The summed E-state index contributed by atoms with van der Waals surface area (Å²) in [6, 6.07) is 6.88. The van der Waals surface area contributed by atoms with E-state index in [0.29, 0.717) is 23.5 Å². The molecular weight excluding hydrogens is 234 g/mol. The first-order valence-electron chi connectivity index (χ1n) is 5.52. The zero-order valence-corrected chi connectivity index (χ0v) is 10.3. The summed E-state index contributed by atoms with van der Waals surface area (Å²) in [6.45, 7) is 1.79. The van der Waals surface area contributed by atoms with Crippen LogP contribution in [-0.2, 0) is 4.79 Å². The van der Waals surface area contributed by atoms with Crippen molar-refractivity contribution in [3.05, 3.63) is 23.8 Å². The van der Waals surface area contributed by atoms with Crippen molar-refractivity contribution in [1.82, 2.24) is 0 Å². The molecule has 5 heteroatoms. The maximum atomic E-state index is 10.4. The maximum Gasteiger partial charge on any atom is 0.303 e. The quantitative estimate of drug-likeness (QED) is 0.836. The van der Waals surface area contributed by atoms with Gasteiger partial charge in [0.2, 0.25) is 0 Å². The molecule has 5 nitrogen and oxygen atoms in total. The van der Waals surface area contributed by atoms with Gasteiger partial charge in [-0.1, -0.05) is 0 Å². The van der Waals surface area contributed by atoms with Gasteiger partial charge in [-0.2, -0.15) is 5.26 Å². The molecule has 0 amide bonds. The summed E-state index contributed by atoms with van der Waals surface area (Å²) in [5.41, 5.74) is 0.440. The van der Waals surface area contributed by atoms with Crippen molar-refractivity contribution in [3.8, 4) is 17.6 Å². The number of hydrogen-bond acceptors (Lipinski definition) is 4. The van der Waals surface area contributed by atoms with E-state index in [1.165, 1.54) is 7.11 Å². The molecule has 0 aromatic heterocycles. The van der Waals surface area contributed by atoms with Gasteiger partial charge in [0.25, 0.3) is 0 Å². The Hall–Kier alpha value is -2.22. The van der Waals surface area contributed by atoms with Gasteiger partial charge in [-0.15, -0.1) is 0 Å². The number of rotatable bonds is 6. The average Bonchev–Trinajstić information content (AvgIpc) is 2.35. The number of nitriles is 1. The molecule has 1 aromatic rings. The van der Waals surface area contributed by atoms with Gasteiger partial charge in [0.15, 0.2) is 0 Å². The van der Waals surface area contributed by atoms with Crippen LogP contribution in [0.1, 0.15) is 25.3 Å². The van der Waals surface area contributed by atoms with Gasteiger partial charge < -0.3 is 14.6 Å². The van der Waals surface area contributed by atoms with E-state index in [0.717, 1.165) is 0 Å². The van der Waals surface area contributed by atoms with Crippen molar-refractivity contribution in [1.29, 1.82) is 5.26 Å². The van der Waals surface area contributed by atoms with Crippen molar-refractivity contribution in [3.63, 3.8) is 0 Å². The molecule has 0 aliphatic carbocycles. The number of hydrogen-bond donors (Lipinski definition) is 1. The van der Waals surface area contributed by atoms with Crippen molar-refractivity contribution < 1.29 is 19.4 Å². The fraction of sp³-hybridized carbons (Fsp3) is 0.385. The van der Waals surface area contributed by atoms with Crippen LogP contribution in [0.4, 0.5) is 0 Å². The Kier molecular flexibility index (Phi) is 5.00. The molecule has 0 aliphatic rings. The molecule has 0 aliphatic heterocycles. The summed E-state index contributed by atoms with van der Waals surface area (Å²) in [7, 11) is 1.51. The number of carbonyl (C=O) groups is 1. The Bertz CT molecular complexity index is 465. The normalized spacial score (nSPS) is 11.4. The third kappa shape index (κ3) is 4.34. The first-order chi connectivity index (χ1) is 8.55. The van der Waals surface area contributed by atoms with Crippen LogP contribution in [0.3, 0.4) is 0 Å². The summed E-state index contributed by atoms with van der Waals surface area (Å²) in [5, 5.41) is 17.4. The molecule has 1 atom stereocenters. The minimum atomic E-state index is -0.853. The highest BCUT2D eigenvalue weighted by molar-refractivity contribution is 5.66. The Morgan fingerprint density at radius 1 is 1.44 bits per heavy atom. The van der Waals surface area contributed by atoms with E-state index in [1.807, 2.05) is 6.07 Å². The lowest BCUT2D eigenvalue weighted by Crippen LogP contribution is -2.13. The molecule has 1 N–H and O–H groups in total. The first-order valence-corrected chi connectivity index (χ1v) is 5.52. The summed E-state index contributed by atoms with van der Waals surface area (Å²) in [4.78, 5) is 10.4. The van der Waals surface area contributed by atoms with Gasteiger partial charge >= 0.3 is 5.97 Å². The van der Waals surface area contributed by atoms with Crippen molar-refractivity contribution in [2.45, 2.75) is 25.9 Å². The lowest BCUT2D eigenvalue weighted by Gasteiger charge is -2.14. The molecule has 0 saturated carbocycles. The number of nitrogens with zero attached hydrogens (tertiary/aromatic N) is 1. The summed E-state index contributed by atoms with van der Waals surface area (Å²) in [5.74, 6) is 0.187. The minimum absolute atomic E-state index is 0.0518. The van der Waals surface area contributed by atoms with Gasteiger partial charge in [0.1, 0.15) is 11.5 Å². The van der Waals surface area contributed by atoms with Crippen LogP contribution in [0.15, 0.2) is 18.2 Å². The second kappa shape index (κ2) is 6.50. The largest absolute Gasteiger partial charge is 0.497 e. The standard InChI is InChI=1S/C13H15NO4/c1-9(3-4-13(15)16)18-12-6-10(8-14)5-11(7-12)17-2/h5-7,9H,3-4H2,1-2H3,(H,15,16). The average molecular weight is 249 g/mol. The van der Waals surface area contributed by atoms with E-state index >= 15 is 0 Å². The molecule has 0 radical (unpaired) electrons. The maximum absolute atomic E-state index is 10.4. The van der Waals surface area contributed by atoms with Gasteiger partial charge in [-0.25, -0.2) is 0 Å². The van der Waals surface area contributed by atoms with Crippen LogP contribution in [0.2, 0.25) is 0 Å². The molecule has 1 unspecified atom stereocenters. The second-order valence-corrected chi connectivity index (χ2v) is 3.87. The van der Waals surface area contributed by atoms with Crippen LogP contribution >= 0.6 is 0 Å². The zero-order chi connectivity index (χ0) is 13.5. The lowest BCUT2D eigenvalue weighted by atomic mass is 10.2. The summed E-state index contributed by atoms with van der Waals surface area (Å²) in [6.07, 6.45) is 0.227. The van der Waals surface area contributed by atoms with E-state index in [-0.39, 0.29) is 12.5 Å². The third-order valence-electron chi connectivity index (χ3n) is 2.35. The van der Waals surface area contributed by atoms with Crippen LogP contribution in [0, 0.1) is 11.3 Å². The fourth-order valence-corrected chi connectivity index (χ4v) is 1.44. The van der Waals surface area contributed by atoms with E-state index in [9.17, 15) is 4.79 Å². The predicted octanol–water partition coefficient (Wildman–Crippen LogP) is 2.20. The van der Waals surface area contributed by atoms with Crippen LogP contribution in [0.25, 0.3) is 0 Å². The highest BCUT2D eigenvalue weighted by Gasteiger charge is 2.09. The Morgan fingerprint density at radius 2 is 2.11 bits per heavy atom. The SMILES string of the molecule is COc1cc(C#N)cc(OC(C)CCC(=O)O)c1. The molecule has 1 aromatic carbocycles. The van der Waals surface area contributed by atoms with Gasteiger partial charge in [0, 0.05) is 12.5 Å². The molecule has 0 heterocycles. The lowest BCUT2D eigenvalue weighted by molar-refractivity contribution is -0.137. The highest BCUT2D eigenvalue weighted by atomic mass is 16.5. The van der Waals surface area contributed by atoms with E-state index in [1.54, 1.807) is 25.1 Å². The number of carboxylic acid groups (broad SMARTS) is 1. The van der Waals surface area contributed by atoms with E-state index in [2.05, 4.69) is 0 Å². The van der Waals surface area contributed by atoms with E-state index in [4.69, 9.17) is 19.8 Å². The molecule has 0 saturated heterocycles. The topological polar surface area (TPSA) is 79.5 Å². The molecule has 0 fully saturated rings. The number of aliphatic carboxylic acids is 1. The molecule has 18 heavy (non-hydrogen) atoms. The molecular formula is C13H15NO4. The number of methoxy groups -OCH3 is 1. The Morgan fingerprint density at radius 3 is 2.67 bits per heavy atom. The third-order valence-corrected chi connectivity index (χ3v) is 2.35. The number of carboxylic acids is 1. The predicted molar refractivity (Wildman–Crippen MR) is 64.7 cm³/mol. The van der Waals surface area contributed by atoms with Crippen molar-refractivity contribution in [2.75, 3.05) is 7.11 Å². The molecule has 0 spiro atoms. The summed E-state index contributed by atoms with van der Waals surface area (Å²) >= 11 is 0. The van der Waals surface area contributed by atoms with Crippen LogP contribution in [-0.4, -0.2) is 24.3 Å². The monoisotopic (exact) mass is 249 g/mol. The molecule has 0 bridgehead atoms. The van der Waals surface area contributed by atoms with Crippen molar-refractivity contribution >= 4 is 5.97 Å². The second-order valence-electron chi connectivity index (χ2n) is 3.87.